The predicted molar refractivity (Wildman–Crippen MR) is 79.1 cm³/mol. The summed E-state index contributed by atoms with van der Waals surface area (Å²) >= 11 is 9.59. The lowest BCUT2D eigenvalue weighted by atomic mass is 9.95. The summed E-state index contributed by atoms with van der Waals surface area (Å²) in [5.74, 6) is 1.04. The summed E-state index contributed by atoms with van der Waals surface area (Å²) in [5, 5.41) is 4.18. The van der Waals surface area contributed by atoms with Gasteiger partial charge in [0.05, 0.1) is 6.20 Å². The van der Waals surface area contributed by atoms with Crippen molar-refractivity contribution < 1.29 is 0 Å². The van der Waals surface area contributed by atoms with Gasteiger partial charge in [0.15, 0.2) is 0 Å². The van der Waals surface area contributed by atoms with Crippen molar-refractivity contribution in [2.45, 2.75) is 18.8 Å². The molecule has 0 amide bonds. The first-order valence-electron chi connectivity index (χ1n) is 5.98. The van der Waals surface area contributed by atoms with Gasteiger partial charge in [-0.15, -0.1) is 11.6 Å². The summed E-state index contributed by atoms with van der Waals surface area (Å²) in [6.07, 6.45) is 6.04. The number of halogens is 2. The van der Waals surface area contributed by atoms with E-state index in [1.165, 1.54) is 11.1 Å². The lowest BCUT2D eigenvalue weighted by molar-refractivity contribution is 0.684. The second kappa shape index (κ2) is 6.39. The van der Waals surface area contributed by atoms with E-state index in [4.69, 9.17) is 11.6 Å². The van der Waals surface area contributed by atoms with E-state index < -0.39 is 0 Å². The van der Waals surface area contributed by atoms with Gasteiger partial charge in [-0.25, -0.2) is 0 Å². The lowest BCUT2D eigenvalue weighted by Gasteiger charge is -2.14. The molecule has 0 spiro atoms. The van der Waals surface area contributed by atoms with Crippen molar-refractivity contribution >= 4 is 27.5 Å². The number of alkyl halides is 1. The number of aryl methyl sites for hydroxylation is 2. The smallest absolute Gasteiger partial charge is 0.0521 e. The van der Waals surface area contributed by atoms with Crippen molar-refractivity contribution in [1.29, 1.82) is 0 Å². The topological polar surface area (TPSA) is 17.8 Å². The maximum atomic E-state index is 6.09. The molecule has 0 radical (unpaired) electrons. The van der Waals surface area contributed by atoms with Crippen LogP contribution < -0.4 is 0 Å². The minimum absolute atomic E-state index is 0.393. The van der Waals surface area contributed by atoms with Crippen molar-refractivity contribution in [2.24, 2.45) is 7.05 Å². The van der Waals surface area contributed by atoms with Gasteiger partial charge in [0.1, 0.15) is 0 Å². The second-order valence-corrected chi connectivity index (χ2v) is 5.69. The minimum atomic E-state index is 0.393. The van der Waals surface area contributed by atoms with E-state index in [0.717, 1.165) is 17.3 Å². The molecule has 0 aliphatic rings. The van der Waals surface area contributed by atoms with Gasteiger partial charge < -0.3 is 0 Å². The van der Waals surface area contributed by atoms with Crippen LogP contribution in [0.3, 0.4) is 0 Å². The Morgan fingerprint density at radius 2 is 2.28 bits per heavy atom. The molecule has 0 bridgehead atoms. The monoisotopic (exact) mass is 326 g/mol. The summed E-state index contributed by atoms with van der Waals surface area (Å²) in [6, 6.07) is 8.39. The van der Waals surface area contributed by atoms with Crippen molar-refractivity contribution in [3.8, 4) is 0 Å². The summed E-state index contributed by atoms with van der Waals surface area (Å²) < 4.78 is 2.95. The maximum absolute atomic E-state index is 6.09. The van der Waals surface area contributed by atoms with E-state index in [9.17, 15) is 0 Å². The zero-order chi connectivity index (χ0) is 13.0. The Morgan fingerprint density at radius 3 is 2.89 bits per heavy atom. The molecule has 1 aromatic heterocycles. The standard InChI is InChI=1S/C14H16BrClN2/c1-18-10-11(9-17-18)5-6-13(8-16)12-3-2-4-14(15)7-12/h2-4,7,9-10,13H,5-6,8H2,1H3. The van der Waals surface area contributed by atoms with Crippen LogP contribution >= 0.6 is 27.5 Å². The van der Waals surface area contributed by atoms with Gasteiger partial charge in [-0.1, -0.05) is 28.1 Å². The Labute approximate surface area is 121 Å². The molecular weight excluding hydrogens is 312 g/mol. The van der Waals surface area contributed by atoms with Crippen molar-refractivity contribution in [3.05, 3.63) is 52.3 Å². The number of rotatable bonds is 5. The fourth-order valence-electron chi connectivity index (χ4n) is 2.04. The van der Waals surface area contributed by atoms with Crippen LogP contribution in [0.4, 0.5) is 0 Å². The summed E-state index contributed by atoms with van der Waals surface area (Å²) in [5.41, 5.74) is 2.56. The molecule has 2 aromatic rings. The van der Waals surface area contributed by atoms with Crippen LogP contribution in [0, 0.1) is 0 Å². The van der Waals surface area contributed by atoms with E-state index in [1.807, 2.05) is 24.0 Å². The zero-order valence-electron chi connectivity index (χ0n) is 10.3. The van der Waals surface area contributed by atoms with Gasteiger partial charge in [-0.05, 0) is 42.0 Å². The average Bonchev–Trinajstić information content (AvgIpc) is 2.76. The molecule has 2 nitrogen and oxygen atoms in total. The molecule has 0 aliphatic carbocycles. The van der Waals surface area contributed by atoms with E-state index in [-0.39, 0.29) is 0 Å². The third-order valence-electron chi connectivity index (χ3n) is 3.05. The molecule has 2 rings (SSSR count). The van der Waals surface area contributed by atoms with Crippen LogP contribution in [0.2, 0.25) is 0 Å². The number of aromatic nitrogens is 2. The number of hydrogen-bond donors (Lipinski definition) is 0. The van der Waals surface area contributed by atoms with Gasteiger partial charge >= 0.3 is 0 Å². The van der Waals surface area contributed by atoms with Crippen molar-refractivity contribution in [3.63, 3.8) is 0 Å². The highest BCUT2D eigenvalue weighted by Crippen LogP contribution is 2.25. The molecule has 0 fully saturated rings. The van der Waals surface area contributed by atoms with E-state index in [0.29, 0.717) is 11.8 Å². The third-order valence-corrected chi connectivity index (χ3v) is 3.91. The molecule has 4 heteroatoms. The lowest BCUT2D eigenvalue weighted by Crippen LogP contribution is -2.02. The Morgan fingerprint density at radius 1 is 1.44 bits per heavy atom. The fraction of sp³-hybridized carbons (Fsp3) is 0.357. The summed E-state index contributed by atoms with van der Waals surface area (Å²) in [6.45, 7) is 0. The highest BCUT2D eigenvalue weighted by atomic mass is 79.9. The van der Waals surface area contributed by atoms with E-state index in [1.54, 1.807) is 0 Å². The summed E-state index contributed by atoms with van der Waals surface area (Å²) in [7, 11) is 1.94. The zero-order valence-corrected chi connectivity index (χ0v) is 12.7. The van der Waals surface area contributed by atoms with Gasteiger partial charge in [0.25, 0.3) is 0 Å². The molecule has 0 N–H and O–H groups in total. The minimum Gasteiger partial charge on any atom is -0.276 e. The van der Waals surface area contributed by atoms with Crippen LogP contribution in [0.5, 0.6) is 0 Å². The Bertz CT molecular complexity index is 510. The molecule has 1 heterocycles. The average molecular weight is 328 g/mol. The maximum Gasteiger partial charge on any atom is 0.0521 e. The predicted octanol–water partition coefficient (Wildman–Crippen LogP) is 4.14. The fourth-order valence-corrected chi connectivity index (χ4v) is 2.78. The first-order valence-corrected chi connectivity index (χ1v) is 7.30. The highest BCUT2D eigenvalue weighted by molar-refractivity contribution is 9.10. The van der Waals surface area contributed by atoms with Gasteiger partial charge in [0, 0.05) is 23.6 Å². The molecule has 0 saturated heterocycles. The highest BCUT2D eigenvalue weighted by Gasteiger charge is 2.11. The largest absolute Gasteiger partial charge is 0.276 e. The van der Waals surface area contributed by atoms with Gasteiger partial charge in [0.2, 0.25) is 0 Å². The number of benzene rings is 1. The third kappa shape index (κ3) is 3.59. The van der Waals surface area contributed by atoms with Gasteiger partial charge in [-0.2, -0.15) is 5.10 Å². The first kappa shape index (κ1) is 13.6. The van der Waals surface area contributed by atoms with E-state index >= 15 is 0 Å². The van der Waals surface area contributed by atoms with Crippen LogP contribution in [-0.2, 0) is 13.5 Å². The van der Waals surface area contributed by atoms with Crippen LogP contribution in [0.15, 0.2) is 41.1 Å². The van der Waals surface area contributed by atoms with Gasteiger partial charge in [-0.3, -0.25) is 4.68 Å². The number of nitrogens with zero attached hydrogens (tertiary/aromatic N) is 2. The molecule has 1 unspecified atom stereocenters. The van der Waals surface area contributed by atoms with Crippen molar-refractivity contribution in [1.82, 2.24) is 9.78 Å². The Hall–Kier alpha value is -0.800. The quantitative estimate of drug-likeness (QED) is 0.755. The second-order valence-electron chi connectivity index (χ2n) is 4.47. The van der Waals surface area contributed by atoms with Crippen molar-refractivity contribution in [2.75, 3.05) is 5.88 Å². The SMILES string of the molecule is Cn1cc(CCC(CCl)c2cccc(Br)c2)cn1. The summed E-state index contributed by atoms with van der Waals surface area (Å²) in [4.78, 5) is 0. The van der Waals surface area contributed by atoms with Crippen LogP contribution in [-0.4, -0.2) is 15.7 Å². The molecule has 0 aliphatic heterocycles. The Kier molecular flexibility index (Phi) is 4.84. The number of hydrogen-bond acceptors (Lipinski definition) is 1. The van der Waals surface area contributed by atoms with Crippen LogP contribution in [0.1, 0.15) is 23.5 Å². The molecule has 18 heavy (non-hydrogen) atoms. The molecule has 96 valence electrons. The first-order chi connectivity index (χ1) is 8.69. The molecule has 1 atom stereocenters. The molecule has 0 saturated carbocycles. The van der Waals surface area contributed by atoms with E-state index in [2.05, 4.69) is 45.4 Å². The molecule has 1 aromatic carbocycles. The Balaban J connectivity index is 2.01. The molecular formula is C14H16BrClN2. The van der Waals surface area contributed by atoms with Crippen LogP contribution in [0.25, 0.3) is 0 Å². The normalized spacial score (nSPS) is 12.6.